The lowest BCUT2D eigenvalue weighted by Crippen LogP contribution is -1.96. The van der Waals surface area contributed by atoms with Crippen LogP contribution in [0.5, 0.6) is 0 Å². The van der Waals surface area contributed by atoms with Gasteiger partial charge in [-0.3, -0.25) is 0 Å². The van der Waals surface area contributed by atoms with Crippen molar-refractivity contribution in [2.45, 2.75) is 20.5 Å². The third-order valence-electron chi connectivity index (χ3n) is 3.00. The molecule has 0 bridgehead atoms. The Kier molecular flexibility index (Phi) is 5.82. The van der Waals surface area contributed by atoms with E-state index in [4.69, 9.17) is 4.74 Å². The van der Waals surface area contributed by atoms with Crippen molar-refractivity contribution in [2.75, 3.05) is 6.61 Å². The lowest BCUT2D eigenvalue weighted by Gasteiger charge is -2.04. The van der Waals surface area contributed by atoms with E-state index in [2.05, 4.69) is 37.8 Å². The minimum absolute atomic E-state index is 0.587. The van der Waals surface area contributed by atoms with Crippen LogP contribution in [0.2, 0.25) is 0 Å². The SMILES string of the molecule is CC(C)=CCOCc1ccccc1C#Cc1ccccc1. The van der Waals surface area contributed by atoms with E-state index in [9.17, 15) is 0 Å². The second-order valence-corrected chi connectivity index (χ2v) is 5.07. The van der Waals surface area contributed by atoms with Crippen LogP contribution in [0, 0.1) is 11.8 Å². The van der Waals surface area contributed by atoms with Gasteiger partial charge in [0.15, 0.2) is 0 Å². The third-order valence-corrected chi connectivity index (χ3v) is 3.00. The minimum Gasteiger partial charge on any atom is -0.373 e. The average molecular weight is 276 g/mol. The zero-order valence-corrected chi connectivity index (χ0v) is 12.6. The first kappa shape index (κ1) is 15.1. The van der Waals surface area contributed by atoms with Gasteiger partial charge in [-0.1, -0.05) is 59.9 Å². The predicted molar refractivity (Wildman–Crippen MR) is 88.0 cm³/mol. The molecule has 1 heteroatoms. The van der Waals surface area contributed by atoms with Crippen LogP contribution in [0.25, 0.3) is 0 Å². The van der Waals surface area contributed by atoms with Crippen molar-refractivity contribution in [3.05, 3.63) is 82.9 Å². The summed E-state index contributed by atoms with van der Waals surface area (Å²) in [7, 11) is 0. The van der Waals surface area contributed by atoms with E-state index in [-0.39, 0.29) is 0 Å². The monoisotopic (exact) mass is 276 g/mol. The van der Waals surface area contributed by atoms with Gasteiger partial charge < -0.3 is 4.74 Å². The van der Waals surface area contributed by atoms with Crippen molar-refractivity contribution < 1.29 is 4.74 Å². The largest absolute Gasteiger partial charge is 0.373 e. The molecule has 0 unspecified atom stereocenters. The van der Waals surface area contributed by atoms with Crippen LogP contribution in [-0.2, 0) is 11.3 Å². The molecule has 106 valence electrons. The Bertz CT molecular complexity index is 653. The topological polar surface area (TPSA) is 9.23 Å². The van der Waals surface area contributed by atoms with Gasteiger partial charge in [-0.15, -0.1) is 0 Å². The summed E-state index contributed by atoms with van der Waals surface area (Å²) in [6.45, 7) is 5.37. The fourth-order valence-electron chi connectivity index (χ4n) is 1.82. The number of hydrogen-bond donors (Lipinski definition) is 0. The molecular formula is C20H20O. The maximum absolute atomic E-state index is 5.68. The summed E-state index contributed by atoms with van der Waals surface area (Å²) in [6, 6.07) is 18.2. The maximum Gasteiger partial charge on any atom is 0.0733 e. The fraction of sp³-hybridized carbons (Fsp3) is 0.200. The zero-order chi connectivity index (χ0) is 14.9. The smallest absolute Gasteiger partial charge is 0.0733 e. The fourth-order valence-corrected chi connectivity index (χ4v) is 1.82. The first-order chi connectivity index (χ1) is 10.3. The van der Waals surface area contributed by atoms with Crippen LogP contribution < -0.4 is 0 Å². The zero-order valence-electron chi connectivity index (χ0n) is 12.6. The Balaban J connectivity index is 2.07. The molecule has 0 aromatic heterocycles. The molecule has 0 fully saturated rings. The molecule has 0 heterocycles. The molecule has 0 radical (unpaired) electrons. The van der Waals surface area contributed by atoms with Gasteiger partial charge >= 0.3 is 0 Å². The average Bonchev–Trinajstić information content (AvgIpc) is 2.51. The van der Waals surface area contributed by atoms with E-state index in [1.165, 1.54) is 5.57 Å². The van der Waals surface area contributed by atoms with Crippen LogP contribution in [0.1, 0.15) is 30.5 Å². The van der Waals surface area contributed by atoms with Crippen LogP contribution in [0.3, 0.4) is 0 Å². The van der Waals surface area contributed by atoms with Crippen molar-refractivity contribution >= 4 is 0 Å². The van der Waals surface area contributed by atoms with Gasteiger partial charge in [0, 0.05) is 11.1 Å². The molecule has 0 aliphatic rings. The Morgan fingerprint density at radius 1 is 0.952 bits per heavy atom. The third kappa shape index (κ3) is 5.30. The second-order valence-electron chi connectivity index (χ2n) is 5.07. The van der Waals surface area contributed by atoms with Crippen LogP contribution in [0.15, 0.2) is 66.2 Å². The molecule has 0 atom stereocenters. The van der Waals surface area contributed by atoms with E-state index in [0.29, 0.717) is 13.2 Å². The molecule has 1 nitrogen and oxygen atoms in total. The summed E-state index contributed by atoms with van der Waals surface area (Å²) in [5.41, 5.74) is 4.45. The Morgan fingerprint density at radius 3 is 2.43 bits per heavy atom. The summed E-state index contributed by atoms with van der Waals surface area (Å²) in [5, 5.41) is 0. The summed E-state index contributed by atoms with van der Waals surface area (Å²) >= 11 is 0. The second kappa shape index (κ2) is 8.09. The number of hydrogen-bond acceptors (Lipinski definition) is 1. The van der Waals surface area contributed by atoms with Crippen molar-refractivity contribution in [1.29, 1.82) is 0 Å². The highest BCUT2D eigenvalue weighted by molar-refractivity contribution is 5.46. The Labute approximate surface area is 127 Å². The molecule has 2 rings (SSSR count). The van der Waals surface area contributed by atoms with Crippen LogP contribution >= 0.6 is 0 Å². The molecule has 0 aliphatic carbocycles. The molecule has 0 saturated heterocycles. The first-order valence-electron chi connectivity index (χ1n) is 7.12. The van der Waals surface area contributed by atoms with Gasteiger partial charge in [-0.25, -0.2) is 0 Å². The molecule has 2 aromatic carbocycles. The van der Waals surface area contributed by atoms with E-state index >= 15 is 0 Å². The highest BCUT2D eigenvalue weighted by Crippen LogP contribution is 2.09. The van der Waals surface area contributed by atoms with Gasteiger partial charge in [0.2, 0.25) is 0 Å². The molecule has 21 heavy (non-hydrogen) atoms. The van der Waals surface area contributed by atoms with Gasteiger partial charge in [-0.2, -0.15) is 0 Å². The quantitative estimate of drug-likeness (QED) is 0.451. The van der Waals surface area contributed by atoms with Gasteiger partial charge in [0.25, 0.3) is 0 Å². The lowest BCUT2D eigenvalue weighted by atomic mass is 10.1. The van der Waals surface area contributed by atoms with Crippen molar-refractivity contribution in [2.24, 2.45) is 0 Å². The van der Waals surface area contributed by atoms with E-state index in [1.807, 2.05) is 48.5 Å². The number of ether oxygens (including phenoxy) is 1. The minimum atomic E-state index is 0.587. The molecule has 0 amide bonds. The molecule has 0 spiro atoms. The van der Waals surface area contributed by atoms with E-state index in [1.54, 1.807) is 0 Å². The standard InChI is InChI=1S/C20H20O/c1-17(2)14-15-21-16-20-11-7-6-10-19(20)13-12-18-8-4-3-5-9-18/h3-11,14H,15-16H2,1-2H3. The van der Waals surface area contributed by atoms with Crippen molar-refractivity contribution in [3.8, 4) is 11.8 Å². The maximum atomic E-state index is 5.68. The van der Waals surface area contributed by atoms with Crippen LogP contribution in [0.4, 0.5) is 0 Å². The number of allylic oxidation sites excluding steroid dienone is 1. The molecular weight excluding hydrogens is 256 g/mol. The summed E-state index contributed by atoms with van der Waals surface area (Å²) in [4.78, 5) is 0. The summed E-state index contributed by atoms with van der Waals surface area (Å²) < 4.78 is 5.68. The molecule has 0 saturated carbocycles. The normalized spacial score (nSPS) is 9.62. The predicted octanol–water partition coefficient (Wildman–Crippen LogP) is 4.57. The number of rotatable bonds is 4. The van der Waals surface area contributed by atoms with Crippen LogP contribution in [-0.4, -0.2) is 6.61 Å². The highest BCUT2D eigenvalue weighted by atomic mass is 16.5. The lowest BCUT2D eigenvalue weighted by molar-refractivity contribution is 0.148. The Morgan fingerprint density at radius 2 is 1.67 bits per heavy atom. The van der Waals surface area contributed by atoms with E-state index < -0.39 is 0 Å². The summed E-state index contributed by atoms with van der Waals surface area (Å²) in [6.07, 6.45) is 2.08. The van der Waals surface area contributed by atoms with Gasteiger partial charge in [0.1, 0.15) is 0 Å². The number of benzene rings is 2. The molecule has 2 aromatic rings. The van der Waals surface area contributed by atoms with Gasteiger partial charge in [-0.05, 0) is 37.6 Å². The van der Waals surface area contributed by atoms with E-state index in [0.717, 1.165) is 16.7 Å². The molecule has 0 N–H and O–H groups in total. The van der Waals surface area contributed by atoms with Crippen molar-refractivity contribution in [1.82, 2.24) is 0 Å². The highest BCUT2D eigenvalue weighted by Gasteiger charge is 1.98. The summed E-state index contributed by atoms with van der Waals surface area (Å²) in [5.74, 6) is 6.43. The molecule has 0 aliphatic heterocycles. The Hall–Kier alpha value is -2.30. The van der Waals surface area contributed by atoms with Crippen molar-refractivity contribution in [3.63, 3.8) is 0 Å². The van der Waals surface area contributed by atoms with Gasteiger partial charge in [0.05, 0.1) is 13.2 Å². The first-order valence-corrected chi connectivity index (χ1v) is 7.12.